The van der Waals surface area contributed by atoms with E-state index in [9.17, 15) is 0 Å². The minimum Gasteiger partial charge on any atom is -0.432 e. The van der Waals surface area contributed by atoms with Crippen molar-refractivity contribution in [1.29, 1.82) is 0 Å². The van der Waals surface area contributed by atoms with Crippen LogP contribution in [0.25, 0.3) is 0 Å². The van der Waals surface area contributed by atoms with Crippen LogP contribution in [0.1, 0.15) is 12.5 Å². The molecule has 0 atom stereocenters. The highest BCUT2D eigenvalue weighted by Gasteiger charge is 2.01. The first-order valence-electron chi connectivity index (χ1n) is 4.61. The van der Waals surface area contributed by atoms with Crippen LogP contribution in [-0.2, 0) is 6.42 Å². The van der Waals surface area contributed by atoms with E-state index in [1.54, 1.807) is 4.90 Å². The van der Waals surface area contributed by atoms with Crippen molar-refractivity contribution in [1.82, 2.24) is 4.90 Å². The zero-order valence-corrected chi connectivity index (χ0v) is 9.60. The van der Waals surface area contributed by atoms with Gasteiger partial charge in [0.1, 0.15) is 5.75 Å². The quantitative estimate of drug-likeness (QED) is 0.694. The van der Waals surface area contributed by atoms with Gasteiger partial charge in [0.25, 0.3) is 5.17 Å². The Morgan fingerprint density at radius 1 is 1.29 bits per heavy atom. The minimum atomic E-state index is 0.481. The third kappa shape index (κ3) is 3.00. The first-order valence-corrected chi connectivity index (χ1v) is 5.02. The topological polar surface area (TPSA) is 12.5 Å². The lowest BCUT2D eigenvalue weighted by molar-refractivity contribution is 0.449. The van der Waals surface area contributed by atoms with E-state index in [-0.39, 0.29) is 0 Å². The summed E-state index contributed by atoms with van der Waals surface area (Å²) < 4.78 is 5.43. The van der Waals surface area contributed by atoms with Crippen molar-refractivity contribution in [2.45, 2.75) is 13.3 Å². The molecule has 0 N–H and O–H groups in total. The van der Waals surface area contributed by atoms with Crippen molar-refractivity contribution in [3.63, 3.8) is 0 Å². The molecule has 0 heterocycles. The summed E-state index contributed by atoms with van der Waals surface area (Å²) in [6.45, 7) is 2.13. The maximum atomic E-state index is 5.43. The molecule has 0 spiro atoms. The molecule has 0 saturated heterocycles. The summed E-state index contributed by atoms with van der Waals surface area (Å²) in [6.07, 6.45) is 1.04. The van der Waals surface area contributed by atoms with E-state index in [1.807, 2.05) is 38.4 Å². The van der Waals surface area contributed by atoms with Crippen molar-refractivity contribution < 1.29 is 4.74 Å². The average Bonchev–Trinajstić information content (AvgIpc) is 2.19. The fraction of sp³-hybridized carbons (Fsp3) is 0.364. The Balaban J connectivity index is 2.64. The van der Waals surface area contributed by atoms with Crippen LogP contribution in [0.5, 0.6) is 5.75 Å². The van der Waals surface area contributed by atoms with Gasteiger partial charge in [-0.1, -0.05) is 19.1 Å². The van der Waals surface area contributed by atoms with Crippen LogP contribution in [0.15, 0.2) is 24.3 Å². The summed E-state index contributed by atoms with van der Waals surface area (Å²) >= 11 is 5.02. The van der Waals surface area contributed by atoms with Gasteiger partial charge in [-0.2, -0.15) is 0 Å². The Morgan fingerprint density at radius 3 is 2.29 bits per heavy atom. The van der Waals surface area contributed by atoms with Gasteiger partial charge in [-0.25, -0.2) is 0 Å². The highest BCUT2D eigenvalue weighted by molar-refractivity contribution is 7.80. The lowest BCUT2D eigenvalue weighted by Crippen LogP contribution is -2.24. The molecule has 1 aromatic carbocycles. The molecule has 0 fully saturated rings. The Kier molecular flexibility index (Phi) is 3.89. The van der Waals surface area contributed by atoms with Crippen LogP contribution in [0.3, 0.4) is 0 Å². The van der Waals surface area contributed by atoms with Crippen molar-refractivity contribution in [2.75, 3.05) is 14.1 Å². The van der Waals surface area contributed by atoms with Gasteiger partial charge in [-0.05, 0) is 36.3 Å². The number of rotatable bonds is 2. The monoisotopic (exact) mass is 209 g/mol. The largest absolute Gasteiger partial charge is 0.432 e. The summed E-state index contributed by atoms with van der Waals surface area (Å²) in [5.74, 6) is 0.793. The Morgan fingerprint density at radius 2 is 1.86 bits per heavy atom. The molecule has 0 aliphatic rings. The average molecular weight is 209 g/mol. The SMILES string of the molecule is CCc1ccc(OC(=S)N(C)C)cc1. The second-order valence-electron chi connectivity index (χ2n) is 3.26. The molecule has 0 aromatic heterocycles. The van der Waals surface area contributed by atoms with Gasteiger partial charge < -0.3 is 9.64 Å². The number of aryl methyl sites for hydroxylation is 1. The highest BCUT2D eigenvalue weighted by atomic mass is 32.1. The molecule has 1 aromatic rings. The molecule has 0 radical (unpaired) electrons. The van der Waals surface area contributed by atoms with Crippen LogP contribution in [0.2, 0.25) is 0 Å². The molecule has 0 aliphatic carbocycles. The van der Waals surface area contributed by atoms with Gasteiger partial charge in [0.15, 0.2) is 0 Å². The maximum Gasteiger partial charge on any atom is 0.264 e. The molecular formula is C11H15NOS. The molecule has 0 amide bonds. The summed E-state index contributed by atoms with van der Waals surface area (Å²) in [5.41, 5.74) is 1.30. The highest BCUT2D eigenvalue weighted by Crippen LogP contribution is 2.13. The molecule has 0 aliphatic heterocycles. The molecule has 14 heavy (non-hydrogen) atoms. The van der Waals surface area contributed by atoms with Crippen LogP contribution in [0, 0.1) is 0 Å². The van der Waals surface area contributed by atoms with Gasteiger partial charge in [0.2, 0.25) is 0 Å². The predicted molar refractivity (Wildman–Crippen MR) is 62.7 cm³/mol. The molecular weight excluding hydrogens is 194 g/mol. The summed E-state index contributed by atoms with van der Waals surface area (Å²) in [7, 11) is 3.73. The standard InChI is InChI=1S/C11H15NOS/c1-4-9-5-7-10(8-6-9)13-11(14)12(2)3/h5-8H,4H2,1-3H3. The first kappa shape index (κ1) is 11.0. The van der Waals surface area contributed by atoms with E-state index >= 15 is 0 Å². The number of ether oxygens (including phenoxy) is 1. The fourth-order valence-corrected chi connectivity index (χ4v) is 1.08. The molecule has 1 rings (SSSR count). The third-order valence-corrected chi connectivity index (χ3v) is 2.35. The number of hydrogen-bond acceptors (Lipinski definition) is 2. The second-order valence-corrected chi connectivity index (χ2v) is 3.61. The molecule has 3 heteroatoms. The smallest absolute Gasteiger partial charge is 0.264 e. The zero-order chi connectivity index (χ0) is 10.6. The first-order chi connectivity index (χ1) is 6.63. The van der Waals surface area contributed by atoms with E-state index in [1.165, 1.54) is 5.56 Å². The van der Waals surface area contributed by atoms with Crippen LogP contribution in [0.4, 0.5) is 0 Å². The van der Waals surface area contributed by atoms with Gasteiger partial charge in [0.05, 0.1) is 0 Å². The summed E-state index contributed by atoms with van der Waals surface area (Å²) in [6, 6.07) is 7.98. The number of hydrogen-bond donors (Lipinski definition) is 0. The molecule has 0 unspecified atom stereocenters. The van der Waals surface area contributed by atoms with Gasteiger partial charge in [0, 0.05) is 14.1 Å². The summed E-state index contributed by atoms with van der Waals surface area (Å²) in [4.78, 5) is 1.77. The number of benzene rings is 1. The Bertz CT molecular complexity index is 306. The predicted octanol–water partition coefficient (Wildman–Crippen LogP) is 2.47. The Labute approximate surface area is 90.5 Å². The van der Waals surface area contributed by atoms with Crippen molar-refractivity contribution in [3.05, 3.63) is 29.8 Å². The summed E-state index contributed by atoms with van der Waals surface area (Å²) in [5, 5.41) is 0.481. The third-order valence-electron chi connectivity index (χ3n) is 1.90. The lowest BCUT2D eigenvalue weighted by atomic mass is 10.2. The van der Waals surface area contributed by atoms with Crippen LogP contribution >= 0.6 is 12.2 Å². The molecule has 2 nitrogen and oxygen atoms in total. The van der Waals surface area contributed by atoms with Crippen molar-refractivity contribution >= 4 is 17.4 Å². The molecule has 0 saturated carbocycles. The van der Waals surface area contributed by atoms with Gasteiger partial charge in [-0.15, -0.1) is 0 Å². The van der Waals surface area contributed by atoms with E-state index in [4.69, 9.17) is 17.0 Å². The van der Waals surface area contributed by atoms with E-state index in [2.05, 4.69) is 6.92 Å². The Hall–Kier alpha value is -1.09. The fourth-order valence-electron chi connectivity index (χ4n) is 0.985. The van der Waals surface area contributed by atoms with Gasteiger partial charge >= 0.3 is 0 Å². The van der Waals surface area contributed by atoms with E-state index in [0.29, 0.717) is 5.17 Å². The van der Waals surface area contributed by atoms with E-state index < -0.39 is 0 Å². The molecule has 0 bridgehead atoms. The van der Waals surface area contributed by atoms with Crippen molar-refractivity contribution in [2.24, 2.45) is 0 Å². The van der Waals surface area contributed by atoms with Gasteiger partial charge in [-0.3, -0.25) is 0 Å². The van der Waals surface area contributed by atoms with Crippen molar-refractivity contribution in [3.8, 4) is 5.75 Å². The normalized spacial score (nSPS) is 9.64. The minimum absolute atomic E-state index is 0.481. The lowest BCUT2D eigenvalue weighted by Gasteiger charge is -2.13. The van der Waals surface area contributed by atoms with Crippen LogP contribution in [-0.4, -0.2) is 24.2 Å². The zero-order valence-electron chi connectivity index (χ0n) is 8.78. The van der Waals surface area contributed by atoms with Crippen LogP contribution < -0.4 is 4.74 Å². The second kappa shape index (κ2) is 4.96. The number of nitrogens with zero attached hydrogens (tertiary/aromatic N) is 1. The molecule has 76 valence electrons. The maximum absolute atomic E-state index is 5.43. The number of thiocarbonyl (C=S) groups is 1. The van der Waals surface area contributed by atoms with E-state index in [0.717, 1.165) is 12.2 Å².